The number of esters is 1. The molecule has 0 saturated carbocycles. The highest BCUT2D eigenvalue weighted by Crippen LogP contribution is 2.45. The Morgan fingerprint density at radius 2 is 1.41 bits per heavy atom. The highest BCUT2D eigenvalue weighted by molar-refractivity contribution is 5.84. The minimum Gasteiger partial charge on any atom is -0.462 e. The van der Waals surface area contributed by atoms with E-state index in [0.29, 0.717) is 18.5 Å². The van der Waals surface area contributed by atoms with Crippen molar-refractivity contribution in [3.8, 4) is 22.3 Å². The average Bonchev–Trinajstić information content (AvgIpc) is 3.42. The summed E-state index contributed by atoms with van der Waals surface area (Å²) in [5.74, 6) is -0.614. The molecule has 0 spiro atoms. The predicted molar refractivity (Wildman–Crippen MR) is 129 cm³/mol. The fourth-order valence-corrected chi connectivity index (χ4v) is 5.42. The van der Waals surface area contributed by atoms with Crippen molar-refractivity contribution in [2.75, 3.05) is 6.61 Å². The zero-order chi connectivity index (χ0) is 23.1. The monoisotopic (exact) mass is 446 g/mol. The number of hydrogen-bond acceptors (Lipinski definition) is 4. The number of carbonyl (C=O) groups excluding carboxylic acids is 2. The van der Waals surface area contributed by atoms with E-state index in [1.807, 2.05) is 54.6 Å². The summed E-state index contributed by atoms with van der Waals surface area (Å²) in [6, 6.07) is 30.4. The Labute approximate surface area is 197 Å². The third-order valence-corrected chi connectivity index (χ3v) is 6.93. The van der Waals surface area contributed by atoms with Gasteiger partial charge in [0, 0.05) is 11.5 Å². The standard InChI is InChI=1S/C30H22O4/c31-18-34-29(26-15-7-14-21-20-9-2-1-8-19(20)16-27(21)26)30(32)33-17-28-24-12-5-3-10-22(24)23-11-4-6-13-25(23)28/h1-15,18,28-29H,16-17H2. The smallest absolute Gasteiger partial charge is 0.352 e. The summed E-state index contributed by atoms with van der Waals surface area (Å²) in [4.78, 5) is 24.7. The summed E-state index contributed by atoms with van der Waals surface area (Å²) >= 11 is 0. The zero-order valence-corrected chi connectivity index (χ0v) is 18.4. The van der Waals surface area contributed by atoms with Gasteiger partial charge in [0.15, 0.2) is 0 Å². The summed E-state index contributed by atoms with van der Waals surface area (Å²) in [6.45, 7) is 0.508. The second-order valence-corrected chi connectivity index (χ2v) is 8.68. The first kappa shape index (κ1) is 20.4. The number of rotatable bonds is 6. The first-order valence-electron chi connectivity index (χ1n) is 11.4. The molecule has 4 heteroatoms. The van der Waals surface area contributed by atoms with E-state index in [0.717, 1.165) is 27.8 Å². The van der Waals surface area contributed by atoms with E-state index >= 15 is 0 Å². The van der Waals surface area contributed by atoms with Crippen molar-refractivity contribution in [1.82, 2.24) is 0 Å². The maximum atomic E-state index is 13.3. The lowest BCUT2D eigenvalue weighted by Gasteiger charge is -2.20. The van der Waals surface area contributed by atoms with E-state index in [9.17, 15) is 9.59 Å². The Morgan fingerprint density at radius 3 is 2.12 bits per heavy atom. The van der Waals surface area contributed by atoms with E-state index in [-0.39, 0.29) is 12.5 Å². The molecule has 1 unspecified atom stereocenters. The van der Waals surface area contributed by atoms with Crippen LogP contribution in [0.5, 0.6) is 0 Å². The molecule has 0 heterocycles. The SMILES string of the molecule is O=COC(C(=O)OCC1c2ccccc2-c2ccccc21)c1cccc2c1Cc1ccccc1-2. The number of benzene rings is 4. The third-order valence-electron chi connectivity index (χ3n) is 6.93. The molecule has 4 aromatic carbocycles. The van der Waals surface area contributed by atoms with Crippen LogP contribution in [-0.4, -0.2) is 19.0 Å². The topological polar surface area (TPSA) is 52.6 Å². The molecule has 0 aliphatic heterocycles. The quantitative estimate of drug-likeness (QED) is 0.243. The van der Waals surface area contributed by atoms with Crippen molar-refractivity contribution in [2.45, 2.75) is 18.4 Å². The van der Waals surface area contributed by atoms with Crippen molar-refractivity contribution in [2.24, 2.45) is 0 Å². The molecule has 0 saturated heterocycles. The summed E-state index contributed by atoms with van der Waals surface area (Å²) in [5.41, 5.74) is 9.71. The molecule has 0 aromatic heterocycles. The van der Waals surface area contributed by atoms with Crippen LogP contribution >= 0.6 is 0 Å². The van der Waals surface area contributed by atoms with Crippen LogP contribution in [0.3, 0.4) is 0 Å². The van der Waals surface area contributed by atoms with Crippen LogP contribution in [0.1, 0.15) is 39.8 Å². The van der Waals surface area contributed by atoms with E-state index in [1.165, 1.54) is 16.7 Å². The molecule has 0 bridgehead atoms. The van der Waals surface area contributed by atoms with Crippen molar-refractivity contribution in [3.05, 3.63) is 119 Å². The summed E-state index contributed by atoms with van der Waals surface area (Å²) < 4.78 is 11.1. The van der Waals surface area contributed by atoms with E-state index < -0.39 is 12.1 Å². The maximum absolute atomic E-state index is 13.3. The molecule has 4 nitrogen and oxygen atoms in total. The fourth-order valence-electron chi connectivity index (χ4n) is 5.42. The van der Waals surface area contributed by atoms with Gasteiger partial charge in [-0.15, -0.1) is 0 Å². The van der Waals surface area contributed by atoms with Crippen LogP contribution in [0.4, 0.5) is 0 Å². The van der Waals surface area contributed by atoms with Crippen molar-refractivity contribution in [1.29, 1.82) is 0 Å². The molecule has 6 rings (SSSR count). The van der Waals surface area contributed by atoms with Crippen LogP contribution < -0.4 is 0 Å². The van der Waals surface area contributed by atoms with Gasteiger partial charge in [-0.05, 0) is 50.9 Å². The van der Waals surface area contributed by atoms with Crippen LogP contribution in [0.25, 0.3) is 22.3 Å². The maximum Gasteiger partial charge on any atom is 0.352 e. The largest absolute Gasteiger partial charge is 0.462 e. The first-order valence-corrected chi connectivity index (χ1v) is 11.4. The lowest BCUT2D eigenvalue weighted by atomic mass is 9.97. The molecule has 2 aliphatic rings. The number of ether oxygens (including phenoxy) is 2. The minimum atomic E-state index is -1.10. The molecule has 0 radical (unpaired) electrons. The lowest BCUT2D eigenvalue weighted by Crippen LogP contribution is -2.22. The van der Waals surface area contributed by atoms with Gasteiger partial charge in [-0.2, -0.15) is 0 Å². The normalized spacial score (nSPS) is 13.9. The van der Waals surface area contributed by atoms with Gasteiger partial charge in [0.2, 0.25) is 6.10 Å². The van der Waals surface area contributed by atoms with Gasteiger partial charge in [-0.25, -0.2) is 4.79 Å². The fraction of sp³-hybridized carbons (Fsp3) is 0.133. The minimum absolute atomic E-state index is 0.0565. The predicted octanol–water partition coefficient (Wildman–Crippen LogP) is 5.83. The molecule has 166 valence electrons. The zero-order valence-electron chi connectivity index (χ0n) is 18.4. The molecular formula is C30H22O4. The molecule has 0 amide bonds. The second-order valence-electron chi connectivity index (χ2n) is 8.68. The van der Waals surface area contributed by atoms with Gasteiger partial charge >= 0.3 is 5.97 Å². The van der Waals surface area contributed by atoms with Crippen LogP contribution in [0.15, 0.2) is 91.0 Å². The van der Waals surface area contributed by atoms with Gasteiger partial charge in [0.05, 0.1) is 0 Å². The number of fused-ring (bicyclic) bond motifs is 6. The summed E-state index contributed by atoms with van der Waals surface area (Å²) in [7, 11) is 0. The lowest BCUT2D eigenvalue weighted by molar-refractivity contribution is -0.162. The molecule has 0 fully saturated rings. The second kappa shape index (κ2) is 8.31. The highest BCUT2D eigenvalue weighted by atomic mass is 16.6. The van der Waals surface area contributed by atoms with Gasteiger partial charge in [0.1, 0.15) is 6.61 Å². The van der Waals surface area contributed by atoms with Gasteiger partial charge in [-0.1, -0.05) is 91.0 Å². The highest BCUT2D eigenvalue weighted by Gasteiger charge is 2.33. The molecular weight excluding hydrogens is 424 g/mol. The van der Waals surface area contributed by atoms with Crippen molar-refractivity contribution >= 4 is 12.4 Å². The summed E-state index contributed by atoms with van der Waals surface area (Å²) in [6.07, 6.45) is -0.412. The van der Waals surface area contributed by atoms with Gasteiger partial charge < -0.3 is 9.47 Å². The average molecular weight is 447 g/mol. The first-order chi connectivity index (χ1) is 16.8. The number of carbonyl (C=O) groups is 2. The number of hydrogen-bond donors (Lipinski definition) is 0. The molecule has 2 aliphatic carbocycles. The molecule has 0 N–H and O–H groups in total. The van der Waals surface area contributed by atoms with Crippen molar-refractivity contribution in [3.63, 3.8) is 0 Å². The van der Waals surface area contributed by atoms with Crippen LogP contribution in [0, 0.1) is 0 Å². The van der Waals surface area contributed by atoms with E-state index in [1.54, 1.807) is 0 Å². The summed E-state index contributed by atoms with van der Waals surface area (Å²) in [5, 5.41) is 0. The van der Waals surface area contributed by atoms with E-state index in [2.05, 4.69) is 36.4 Å². The Bertz CT molecular complexity index is 1380. The molecule has 4 aromatic rings. The van der Waals surface area contributed by atoms with Crippen LogP contribution in [-0.2, 0) is 25.5 Å². The molecule has 34 heavy (non-hydrogen) atoms. The van der Waals surface area contributed by atoms with E-state index in [4.69, 9.17) is 9.47 Å². The third kappa shape index (κ3) is 3.22. The van der Waals surface area contributed by atoms with Gasteiger partial charge in [0.25, 0.3) is 6.47 Å². The Balaban J connectivity index is 1.29. The Hall–Kier alpha value is -4.18. The Kier molecular flexibility index (Phi) is 4.99. The Morgan fingerprint density at radius 1 is 0.794 bits per heavy atom. The van der Waals surface area contributed by atoms with Gasteiger partial charge in [-0.3, -0.25) is 4.79 Å². The van der Waals surface area contributed by atoms with Crippen molar-refractivity contribution < 1.29 is 19.1 Å². The molecule has 1 atom stereocenters. The van der Waals surface area contributed by atoms with Crippen LogP contribution in [0.2, 0.25) is 0 Å².